The molecule has 1 aromatic heterocycles. The van der Waals surface area contributed by atoms with Crippen molar-refractivity contribution in [2.75, 3.05) is 6.61 Å². The molecular formula is C25H24F3NO6S. The number of benzene rings is 2. The Morgan fingerprint density at radius 2 is 1.86 bits per heavy atom. The molecule has 0 atom stereocenters. The Bertz CT molecular complexity index is 1440. The zero-order valence-corrected chi connectivity index (χ0v) is 20.2. The molecule has 0 unspecified atom stereocenters. The molecule has 1 saturated carbocycles. The van der Waals surface area contributed by atoms with Gasteiger partial charge >= 0.3 is 21.6 Å². The summed E-state index contributed by atoms with van der Waals surface area (Å²) in [6.07, 6.45) is 5.14. The van der Waals surface area contributed by atoms with Gasteiger partial charge in [-0.25, -0.2) is 0 Å². The number of carbonyl (C=O) groups is 1. The molecule has 0 saturated heterocycles. The fourth-order valence-corrected chi connectivity index (χ4v) is 5.70. The Balaban J connectivity index is 1.74. The van der Waals surface area contributed by atoms with Crippen LogP contribution in [-0.2, 0) is 21.5 Å². The zero-order chi connectivity index (χ0) is 25.7. The van der Waals surface area contributed by atoms with E-state index in [1.54, 1.807) is 18.2 Å². The molecule has 0 N–H and O–H groups in total. The average molecular weight is 524 g/mol. The Morgan fingerprint density at radius 1 is 1.11 bits per heavy atom. The van der Waals surface area contributed by atoms with E-state index in [1.165, 1.54) is 13.0 Å². The highest BCUT2D eigenvalue weighted by Gasteiger charge is 2.49. The van der Waals surface area contributed by atoms with Gasteiger partial charge in [0, 0.05) is 23.9 Å². The summed E-state index contributed by atoms with van der Waals surface area (Å²) in [7, 11) is -5.88. The SMILES string of the molecule is CC(=O)Oc1ccc2c(C3CCCCC3)c3n(c2c1)CCOc1c(OS(=O)(=O)C(F)(F)F)cccc1-3. The number of hydrogen-bond donors (Lipinski definition) is 0. The summed E-state index contributed by atoms with van der Waals surface area (Å²) in [6, 6.07) is 9.69. The lowest BCUT2D eigenvalue weighted by Gasteiger charge is -2.24. The Hall–Kier alpha value is -3.21. The molecule has 7 nitrogen and oxygen atoms in total. The highest BCUT2D eigenvalue weighted by molar-refractivity contribution is 7.88. The summed E-state index contributed by atoms with van der Waals surface area (Å²) in [5.41, 5.74) is -2.54. The van der Waals surface area contributed by atoms with Gasteiger partial charge in [-0.2, -0.15) is 21.6 Å². The van der Waals surface area contributed by atoms with Crippen LogP contribution in [0.2, 0.25) is 0 Å². The maximum absolute atomic E-state index is 13.1. The van der Waals surface area contributed by atoms with Crippen molar-refractivity contribution in [3.05, 3.63) is 42.0 Å². The van der Waals surface area contributed by atoms with Crippen LogP contribution in [-0.4, -0.2) is 31.1 Å². The van der Waals surface area contributed by atoms with Crippen molar-refractivity contribution in [3.8, 4) is 28.5 Å². The van der Waals surface area contributed by atoms with Crippen molar-refractivity contribution in [2.45, 2.75) is 57.0 Å². The zero-order valence-electron chi connectivity index (χ0n) is 19.4. The molecule has 11 heteroatoms. The quantitative estimate of drug-likeness (QED) is 0.183. The number of nitrogens with zero attached hydrogens (tertiary/aromatic N) is 1. The van der Waals surface area contributed by atoms with E-state index in [4.69, 9.17) is 9.47 Å². The number of ether oxygens (including phenoxy) is 2. The molecule has 1 aliphatic carbocycles. The first-order chi connectivity index (χ1) is 17.1. The van der Waals surface area contributed by atoms with Gasteiger partial charge in [0.15, 0.2) is 11.5 Å². The molecule has 0 amide bonds. The molecule has 2 aromatic carbocycles. The van der Waals surface area contributed by atoms with E-state index in [1.807, 2.05) is 10.6 Å². The Labute approximate surface area is 205 Å². The maximum Gasteiger partial charge on any atom is 0.534 e. The van der Waals surface area contributed by atoms with Crippen LogP contribution in [0, 0.1) is 0 Å². The number of rotatable bonds is 4. The van der Waals surface area contributed by atoms with Crippen LogP contribution in [0.4, 0.5) is 13.2 Å². The van der Waals surface area contributed by atoms with Crippen LogP contribution >= 0.6 is 0 Å². The number of carbonyl (C=O) groups excluding carboxylic acids is 1. The molecule has 2 heterocycles. The lowest BCUT2D eigenvalue weighted by molar-refractivity contribution is -0.131. The predicted octanol–water partition coefficient (Wildman–Crippen LogP) is 5.90. The van der Waals surface area contributed by atoms with Crippen molar-refractivity contribution < 1.29 is 40.0 Å². The largest absolute Gasteiger partial charge is 0.534 e. The first-order valence-corrected chi connectivity index (χ1v) is 13.1. The minimum absolute atomic E-state index is 0.0517. The normalized spacial score (nSPS) is 16.6. The molecule has 0 bridgehead atoms. The number of hydrogen-bond acceptors (Lipinski definition) is 6. The van der Waals surface area contributed by atoms with E-state index in [-0.39, 0.29) is 18.3 Å². The second-order valence-electron chi connectivity index (χ2n) is 8.99. The minimum Gasteiger partial charge on any atom is -0.487 e. The number of halogens is 3. The third-order valence-corrected chi connectivity index (χ3v) is 7.59. The number of para-hydroxylation sites is 1. The molecule has 1 fully saturated rings. The van der Waals surface area contributed by atoms with Crippen molar-refractivity contribution in [1.29, 1.82) is 0 Å². The van der Waals surface area contributed by atoms with Gasteiger partial charge < -0.3 is 18.2 Å². The Morgan fingerprint density at radius 3 is 2.56 bits per heavy atom. The number of aromatic nitrogens is 1. The van der Waals surface area contributed by atoms with Crippen LogP contribution < -0.4 is 13.7 Å². The topological polar surface area (TPSA) is 83.8 Å². The third-order valence-electron chi connectivity index (χ3n) is 6.63. The second kappa shape index (κ2) is 9.02. The molecule has 0 radical (unpaired) electrons. The molecular weight excluding hydrogens is 499 g/mol. The monoisotopic (exact) mass is 523 g/mol. The molecule has 5 rings (SSSR count). The lowest BCUT2D eigenvalue weighted by Crippen LogP contribution is -2.28. The second-order valence-corrected chi connectivity index (χ2v) is 10.5. The molecule has 3 aromatic rings. The highest BCUT2D eigenvalue weighted by atomic mass is 32.2. The van der Waals surface area contributed by atoms with Crippen molar-refractivity contribution in [2.24, 2.45) is 0 Å². The van der Waals surface area contributed by atoms with Crippen LogP contribution in [0.15, 0.2) is 36.4 Å². The fraction of sp³-hybridized carbons (Fsp3) is 0.400. The van der Waals surface area contributed by atoms with E-state index in [0.29, 0.717) is 17.9 Å². The molecule has 192 valence electrons. The molecule has 2 aliphatic rings. The van der Waals surface area contributed by atoms with Gasteiger partial charge in [-0.3, -0.25) is 4.79 Å². The van der Waals surface area contributed by atoms with Crippen LogP contribution in [0.3, 0.4) is 0 Å². The highest BCUT2D eigenvalue weighted by Crippen LogP contribution is 2.50. The average Bonchev–Trinajstić information content (AvgIpc) is 2.99. The fourth-order valence-electron chi connectivity index (χ4n) is 5.23. The van der Waals surface area contributed by atoms with E-state index < -0.39 is 27.3 Å². The summed E-state index contributed by atoms with van der Waals surface area (Å²) in [6.45, 7) is 1.73. The van der Waals surface area contributed by atoms with Crippen molar-refractivity contribution in [3.63, 3.8) is 0 Å². The minimum atomic E-state index is -5.88. The lowest BCUT2D eigenvalue weighted by atomic mass is 9.81. The van der Waals surface area contributed by atoms with Crippen molar-refractivity contribution >= 4 is 27.0 Å². The third kappa shape index (κ3) is 4.29. The van der Waals surface area contributed by atoms with Gasteiger partial charge in [0.2, 0.25) is 0 Å². The molecule has 1 aliphatic heterocycles. The van der Waals surface area contributed by atoms with E-state index in [0.717, 1.165) is 60.3 Å². The maximum atomic E-state index is 13.1. The summed E-state index contributed by atoms with van der Waals surface area (Å²) < 4.78 is 80.3. The summed E-state index contributed by atoms with van der Waals surface area (Å²) in [5, 5.41) is 0.954. The van der Waals surface area contributed by atoms with Gasteiger partial charge in [-0.05, 0) is 48.6 Å². The first kappa shape index (κ1) is 24.5. The van der Waals surface area contributed by atoms with E-state index >= 15 is 0 Å². The standard InChI is InChI=1S/C25H24F3NO6S/c1-15(30)34-17-10-11-18-20(14-17)29-12-13-33-24-19(23(29)22(18)16-6-3-2-4-7-16)8-5-9-21(24)35-36(31,32)25(26,27)28/h5,8-11,14,16H,2-4,6-7,12-13H2,1H3. The van der Waals surface area contributed by atoms with Gasteiger partial charge in [0.25, 0.3) is 0 Å². The Kier molecular flexibility index (Phi) is 6.14. The van der Waals surface area contributed by atoms with E-state index in [9.17, 15) is 26.4 Å². The van der Waals surface area contributed by atoms with E-state index in [2.05, 4.69) is 4.18 Å². The summed E-state index contributed by atoms with van der Waals surface area (Å²) >= 11 is 0. The van der Waals surface area contributed by atoms with Crippen LogP contribution in [0.25, 0.3) is 22.2 Å². The predicted molar refractivity (Wildman–Crippen MR) is 126 cm³/mol. The smallest absolute Gasteiger partial charge is 0.487 e. The summed E-state index contributed by atoms with van der Waals surface area (Å²) in [4.78, 5) is 11.5. The van der Waals surface area contributed by atoms with Gasteiger partial charge in [0.05, 0.1) is 17.8 Å². The number of esters is 1. The number of fused-ring (bicyclic) bond motifs is 5. The molecule has 0 spiro atoms. The van der Waals surface area contributed by atoms with Gasteiger partial charge in [-0.15, -0.1) is 0 Å². The molecule has 36 heavy (non-hydrogen) atoms. The van der Waals surface area contributed by atoms with Gasteiger partial charge in [-0.1, -0.05) is 25.3 Å². The van der Waals surface area contributed by atoms with Crippen LogP contribution in [0.1, 0.15) is 50.5 Å². The summed E-state index contributed by atoms with van der Waals surface area (Å²) in [5.74, 6) is -0.440. The first-order valence-electron chi connectivity index (χ1n) is 11.7. The number of alkyl halides is 3. The van der Waals surface area contributed by atoms with Gasteiger partial charge in [0.1, 0.15) is 12.4 Å². The van der Waals surface area contributed by atoms with Crippen molar-refractivity contribution in [1.82, 2.24) is 4.57 Å². The van der Waals surface area contributed by atoms with Crippen LogP contribution in [0.5, 0.6) is 17.2 Å².